The minimum absolute atomic E-state index is 0.489. The number of aromatic nitrogens is 3. The van der Waals surface area contributed by atoms with E-state index in [1.54, 1.807) is 16.9 Å². The van der Waals surface area contributed by atoms with Gasteiger partial charge in [0, 0.05) is 19.4 Å². The molecule has 4 nitrogen and oxygen atoms in total. The van der Waals surface area contributed by atoms with Gasteiger partial charge in [0.05, 0.1) is 21.4 Å². The first-order chi connectivity index (χ1) is 8.10. The summed E-state index contributed by atoms with van der Waals surface area (Å²) in [4.78, 5) is 4.15. The largest absolute Gasteiger partial charge is 0.336 e. The van der Waals surface area contributed by atoms with Gasteiger partial charge in [0.1, 0.15) is 5.82 Å². The van der Waals surface area contributed by atoms with Crippen molar-refractivity contribution in [3.8, 4) is 0 Å². The van der Waals surface area contributed by atoms with E-state index in [1.165, 1.54) is 0 Å². The molecule has 0 saturated carbocycles. The Morgan fingerprint density at radius 2 is 2.18 bits per heavy atom. The Hall–Kier alpha value is -1.26. The maximum absolute atomic E-state index is 6.05. The molecule has 2 aromatic rings. The smallest absolute Gasteiger partial charge is 0.149 e. The van der Waals surface area contributed by atoms with E-state index in [0.717, 1.165) is 17.8 Å². The number of hydrogen-bond acceptors (Lipinski definition) is 3. The van der Waals surface area contributed by atoms with Crippen molar-refractivity contribution in [1.29, 1.82) is 0 Å². The summed E-state index contributed by atoms with van der Waals surface area (Å²) in [6, 6.07) is 1.65. The van der Waals surface area contributed by atoms with E-state index in [4.69, 9.17) is 23.2 Å². The molecule has 6 heteroatoms. The monoisotopic (exact) mass is 270 g/mol. The topological polar surface area (TPSA) is 42.7 Å². The number of nitrogens with zero attached hydrogens (tertiary/aromatic N) is 3. The van der Waals surface area contributed by atoms with Crippen molar-refractivity contribution in [3.05, 3.63) is 34.2 Å². The molecule has 0 aliphatic heterocycles. The minimum Gasteiger partial charge on any atom is -0.336 e. The van der Waals surface area contributed by atoms with Gasteiger partial charge in [-0.05, 0) is 12.5 Å². The van der Waals surface area contributed by atoms with E-state index in [2.05, 4.69) is 15.4 Å². The highest BCUT2D eigenvalue weighted by Gasteiger charge is 2.09. The van der Waals surface area contributed by atoms with Gasteiger partial charge < -0.3 is 5.32 Å². The molecule has 1 N–H and O–H groups in total. The molecule has 0 fully saturated rings. The average Bonchev–Trinajstić information content (AvgIpc) is 2.63. The van der Waals surface area contributed by atoms with Crippen molar-refractivity contribution in [2.75, 3.05) is 5.32 Å². The summed E-state index contributed by atoms with van der Waals surface area (Å²) in [6.45, 7) is 2.05. The van der Waals surface area contributed by atoms with E-state index < -0.39 is 0 Å². The second-order valence-electron chi connectivity index (χ2n) is 3.63. The third kappa shape index (κ3) is 2.70. The number of pyridine rings is 1. The summed E-state index contributed by atoms with van der Waals surface area (Å²) < 4.78 is 1.75. The predicted molar refractivity (Wildman–Crippen MR) is 70.1 cm³/mol. The summed E-state index contributed by atoms with van der Waals surface area (Å²) in [5.41, 5.74) is 1.88. The molecule has 0 spiro atoms. The van der Waals surface area contributed by atoms with Crippen molar-refractivity contribution in [1.82, 2.24) is 14.8 Å². The van der Waals surface area contributed by atoms with E-state index in [9.17, 15) is 0 Å². The van der Waals surface area contributed by atoms with Gasteiger partial charge in [0.2, 0.25) is 0 Å². The SMILES string of the molecule is CCc1nn(C)cc1Nc1ncc(Cl)cc1Cl. The van der Waals surface area contributed by atoms with E-state index >= 15 is 0 Å². The number of halogens is 2. The Labute approximate surface area is 110 Å². The van der Waals surface area contributed by atoms with Crippen LogP contribution in [-0.2, 0) is 13.5 Å². The maximum Gasteiger partial charge on any atom is 0.149 e. The van der Waals surface area contributed by atoms with Crippen LogP contribution in [0.2, 0.25) is 10.0 Å². The van der Waals surface area contributed by atoms with Crippen LogP contribution in [0.15, 0.2) is 18.5 Å². The van der Waals surface area contributed by atoms with Crippen molar-refractivity contribution in [2.45, 2.75) is 13.3 Å². The van der Waals surface area contributed by atoms with Gasteiger partial charge >= 0.3 is 0 Å². The van der Waals surface area contributed by atoms with Crippen LogP contribution in [0, 0.1) is 0 Å². The van der Waals surface area contributed by atoms with Crippen molar-refractivity contribution in [3.63, 3.8) is 0 Å². The lowest BCUT2D eigenvalue weighted by molar-refractivity contribution is 0.746. The quantitative estimate of drug-likeness (QED) is 0.930. The van der Waals surface area contributed by atoms with E-state index in [-0.39, 0.29) is 0 Å². The Kier molecular flexibility index (Phi) is 3.54. The molecule has 0 aromatic carbocycles. The van der Waals surface area contributed by atoms with Crippen molar-refractivity contribution < 1.29 is 0 Å². The van der Waals surface area contributed by atoms with Crippen LogP contribution in [0.4, 0.5) is 11.5 Å². The zero-order valence-corrected chi connectivity index (χ0v) is 11.0. The Morgan fingerprint density at radius 1 is 1.41 bits per heavy atom. The van der Waals surface area contributed by atoms with Gasteiger partial charge in [0.15, 0.2) is 0 Å². The molecule has 2 heterocycles. The summed E-state index contributed by atoms with van der Waals surface area (Å²) in [6.07, 6.45) is 4.29. The van der Waals surface area contributed by atoms with Crippen molar-refractivity contribution in [2.24, 2.45) is 7.05 Å². The number of rotatable bonds is 3. The first-order valence-corrected chi connectivity index (χ1v) is 5.96. The van der Waals surface area contributed by atoms with Gasteiger partial charge in [-0.2, -0.15) is 5.10 Å². The Balaban J connectivity index is 2.30. The molecule has 0 bridgehead atoms. The van der Waals surface area contributed by atoms with Gasteiger partial charge in [-0.1, -0.05) is 30.1 Å². The van der Waals surface area contributed by atoms with Crippen LogP contribution in [0.25, 0.3) is 0 Å². The predicted octanol–water partition coefficient (Wildman–Crippen LogP) is 3.43. The molecule has 90 valence electrons. The fraction of sp³-hybridized carbons (Fsp3) is 0.273. The molecule has 0 aliphatic carbocycles. The first kappa shape index (κ1) is 12.2. The second kappa shape index (κ2) is 4.94. The fourth-order valence-corrected chi connectivity index (χ4v) is 1.96. The average molecular weight is 271 g/mol. The molecule has 0 aliphatic rings. The first-order valence-electron chi connectivity index (χ1n) is 5.20. The van der Waals surface area contributed by atoms with Crippen LogP contribution < -0.4 is 5.32 Å². The molecule has 2 rings (SSSR count). The third-order valence-corrected chi connectivity index (χ3v) is 2.80. The lowest BCUT2D eigenvalue weighted by Crippen LogP contribution is -1.96. The van der Waals surface area contributed by atoms with E-state index in [0.29, 0.717) is 15.9 Å². The van der Waals surface area contributed by atoms with Crippen molar-refractivity contribution >= 4 is 34.7 Å². The summed E-state index contributed by atoms with van der Waals surface area (Å²) >= 11 is 11.8. The molecule has 17 heavy (non-hydrogen) atoms. The molecular weight excluding hydrogens is 259 g/mol. The molecule has 0 unspecified atom stereocenters. The second-order valence-corrected chi connectivity index (χ2v) is 4.47. The van der Waals surface area contributed by atoms with Crippen LogP contribution >= 0.6 is 23.2 Å². The minimum atomic E-state index is 0.489. The summed E-state index contributed by atoms with van der Waals surface area (Å²) in [7, 11) is 1.88. The number of anilines is 2. The fourth-order valence-electron chi connectivity index (χ4n) is 1.53. The standard InChI is InChI=1S/C11H12Cl2N4/c1-3-9-10(6-17(2)16-9)15-11-8(13)4-7(12)5-14-11/h4-6H,3H2,1-2H3,(H,14,15). The molecule has 0 amide bonds. The normalized spacial score (nSPS) is 10.6. The Morgan fingerprint density at radius 3 is 2.82 bits per heavy atom. The number of hydrogen-bond donors (Lipinski definition) is 1. The summed E-state index contributed by atoms with van der Waals surface area (Å²) in [5, 5.41) is 8.49. The van der Waals surface area contributed by atoms with Crippen LogP contribution in [-0.4, -0.2) is 14.8 Å². The highest BCUT2D eigenvalue weighted by Crippen LogP contribution is 2.26. The zero-order valence-electron chi connectivity index (χ0n) is 9.54. The van der Waals surface area contributed by atoms with Gasteiger partial charge in [-0.3, -0.25) is 4.68 Å². The van der Waals surface area contributed by atoms with Gasteiger partial charge in [-0.25, -0.2) is 4.98 Å². The molecule has 2 aromatic heterocycles. The molecule has 0 radical (unpaired) electrons. The van der Waals surface area contributed by atoms with Crippen LogP contribution in [0.1, 0.15) is 12.6 Å². The lowest BCUT2D eigenvalue weighted by atomic mass is 10.3. The number of nitrogens with one attached hydrogen (secondary N) is 1. The summed E-state index contributed by atoms with van der Waals surface area (Å²) in [5.74, 6) is 0.582. The maximum atomic E-state index is 6.05. The third-order valence-electron chi connectivity index (χ3n) is 2.30. The highest BCUT2D eigenvalue weighted by molar-refractivity contribution is 6.36. The molecular formula is C11H12Cl2N4. The van der Waals surface area contributed by atoms with Crippen LogP contribution in [0.3, 0.4) is 0 Å². The van der Waals surface area contributed by atoms with Gasteiger partial charge in [0.25, 0.3) is 0 Å². The van der Waals surface area contributed by atoms with Crippen LogP contribution in [0.5, 0.6) is 0 Å². The van der Waals surface area contributed by atoms with E-state index in [1.807, 2.05) is 20.2 Å². The molecule has 0 saturated heterocycles. The highest BCUT2D eigenvalue weighted by atomic mass is 35.5. The molecule has 0 atom stereocenters. The Bertz CT molecular complexity index is 536. The lowest BCUT2D eigenvalue weighted by Gasteiger charge is -2.06. The number of aryl methyl sites for hydroxylation is 2. The van der Waals surface area contributed by atoms with Gasteiger partial charge in [-0.15, -0.1) is 0 Å². The zero-order chi connectivity index (χ0) is 12.4.